The van der Waals surface area contributed by atoms with Gasteiger partial charge in [-0.15, -0.1) is 0 Å². The molecule has 1 aliphatic rings. The minimum Gasteiger partial charge on any atom is -0.488 e. The van der Waals surface area contributed by atoms with Crippen molar-refractivity contribution in [2.45, 2.75) is 32.0 Å². The molecule has 2 atom stereocenters. The van der Waals surface area contributed by atoms with Crippen molar-refractivity contribution in [2.24, 2.45) is 5.73 Å². The summed E-state index contributed by atoms with van der Waals surface area (Å²) in [7, 11) is 0. The number of alkyl halides is 1. The van der Waals surface area contributed by atoms with Gasteiger partial charge < -0.3 is 20.1 Å². The second-order valence-electron chi connectivity index (χ2n) is 7.50. The minimum atomic E-state index is -1.89. The van der Waals surface area contributed by atoms with E-state index in [0.717, 1.165) is 0 Å². The van der Waals surface area contributed by atoms with E-state index in [1.165, 1.54) is 24.6 Å². The summed E-state index contributed by atoms with van der Waals surface area (Å²) in [6, 6.07) is 7.86. The summed E-state index contributed by atoms with van der Waals surface area (Å²) >= 11 is 0. The first kappa shape index (κ1) is 19.7. The molecule has 30 heavy (non-hydrogen) atoms. The van der Waals surface area contributed by atoms with Crippen molar-refractivity contribution >= 4 is 5.91 Å². The van der Waals surface area contributed by atoms with Crippen LogP contribution < -0.4 is 10.5 Å². The van der Waals surface area contributed by atoms with Gasteiger partial charge in [-0.05, 0) is 45.0 Å². The number of hydrogen-bond acceptors (Lipinski definition) is 6. The Bertz CT molecular complexity index is 1210. The molecular formula is C21H19FN4O4. The van der Waals surface area contributed by atoms with E-state index in [9.17, 15) is 9.90 Å². The Balaban J connectivity index is 1.78. The highest BCUT2D eigenvalue weighted by Crippen LogP contribution is 2.36. The number of benzene rings is 1. The Hall–Kier alpha value is -3.64. The molecule has 0 spiro atoms. The minimum absolute atomic E-state index is 0.0532. The van der Waals surface area contributed by atoms with Crippen LogP contribution in [0.4, 0.5) is 4.39 Å². The number of carbonyl (C=O) groups is 1. The van der Waals surface area contributed by atoms with Gasteiger partial charge >= 0.3 is 0 Å². The summed E-state index contributed by atoms with van der Waals surface area (Å²) < 4.78 is 27.0. The molecule has 3 aromatic rings. The molecule has 154 valence electrons. The molecule has 2 aromatic heterocycles. The molecule has 8 nitrogen and oxygen atoms in total. The normalized spacial score (nSPS) is 19.4. The van der Waals surface area contributed by atoms with Gasteiger partial charge in [0.25, 0.3) is 5.91 Å². The molecule has 3 heterocycles. The summed E-state index contributed by atoms with van der Waals surface area (Å²) in [4.78, 5) is 11.6. The summed E-state index contributed by atoms with van der Waals surface area (Å²) in [5.41, 5.74) is 3.20. The lowest BCUT2D eigenvalue weighted by molar-refractivity contribution is 0.0993. The van der Waals surface area contributed by atoms with Crippen LogP contribution in [0, 0.1) is 18.8 Å². The lowest BCUT2D eigenvalue weighted by Gasteiger charge is -2.17. The van der Waals surface area contributed by atoms with Crippen LogP contribution in [0.5, 0.6) is 5.75 Å². The Morgan fingerprint density at radius 3 is 2.83 bits per heavy atom. The number of aliphatic hydroxyl groups is 1. The van der Waals surface area contributed by atoms with Crippen LogP contribution >= 0.6 is 0 Å². The average molecular weight is 410 g/mol. The lowest BCUT2D eigenvalue weighted by Crippen LogP contribution is -2.25. The molecule has 0 fully saturated rings. The molecule has 1 amide bonds. The van der Waals surface area contributed by atoms with Gasteiger partial charge in [0.05, 0.1) is 5.69 Å². The topological polar surface area (TPSA) is 116 Å². The summed E-state index contributed by atoms with van der Waals surface area (Å²) in [5.74, 6) is 5.81. The zero-order valence-corrected chi connectivity index (χ0v) is 16.6. The molecule has 0 aliphatic carbocycles. The third-order valence-electron chi connectivity index (χ3n) is 4.76. The Morgan fingerprint density at radius 1 is 1.40 bits per heavy atom. The highest BCUT2D eigenvalue weighted by molar-refractivity contribution is 5.91. The van der Waals surface area contributed by atoms with Crippen molar-refractivity contribution in [2.75, 3.05) is 6.61 Å². The molecule has 0 radical (unpaired) electrons. The summed E-state index contributed by atoms with van der Waals surface area (Å²) in [6.45, 7) is 4.31. The fourth-order valence-corrected chi connectivity index (χ4v) is 3.08. The fraction of sp³-hybridized carbons (Fsp3) is 0.286. The van der Waals surface area contributed by atoms with Crippen LogP contribution in [0.25, 0.3) is 5.69 Å². The maximum absolute atomic E-state index is 15.1. The van der Waals surface area contributed by atoms with Crippen molar-refractivity contribution < 1.29 is 23.6 Å². The number of amides is 1. The van der Waals surface area contributed by atoms with Crippen LogP contribution in [0.3, 0.4) is 0 Å². The zero-order valence-electron chi connectivity index (χ0n) is 16.6. The molecule has 0 saturated heterocycles. The quantitative estimate of drug-likeness (QED) is 0.625. The number of ether oxygens (including phenoxy) is 1. The molecule has 3 N–H and O–H groups in total. The number of halogens is 1. The van der Waals surface area contributed by atoms with Crippen LogP contribution in [0.15, 0.2) is 34.9 Å². The molecule has 9 heteroatoms. The van der Waals surface area contributed by atoms with E-state index in [1.807, 2.05) is 0 Å². The SMILES string of the molecule is Cc1cc(C(C)(O)C#Cc2ccc3c(c2)-n2nc(C(N)=O)cc2C(C)(F)CO3)no1. The zero-order chi connectivity index (χ0) is 21.7. The first-order valence-electron chi connectivity index (χ1n) is 9.13. The average Bonchev–Trinajstić information content (AvgIpc) is 3.30. The molecule has 4 rings (SSSR count). The number of fused-ring (bicyclic) bond motifs is 3. The Labute approximate surface area is 171 Å². The first-order valence-corrected chi connectivity index (χ1v) is 9.13. The van der Waals surface area contributed by atoms with Gasteiger partial charge in [-0.2, -0.15) is 5.10 Å². The van der Waals surface area contributed by atoms with E-state index in [2.05, 4.69) is 22.1 Å². The molecule has 1 aliphatic heterocycles. The highest BCUT2D eigenvalue weighted by atomic mass is 19.1. The van der Waals surface area contributed by atoms with E-state index in [0.29, 0.717) is 28.5 Å². The predicted octanol–water partition coefficient (Wildman–Crippen LogP) is 2.10. The van der Waals surface area contributed by atoms with E-state index in [1.54, 1.807) is 31.2 Å². The number of rotatable bonds is 2. The van der Waals surface area contributed by atoms with Crippen LogP contribution in [-0.2, 0) is 11.3 Å². The molecular weight excluding hydrogens is 391 g/mol. The van der Waals surface area contributed by atoms with Crippen LogP contribution in [0.2, 0.25) is 0 Å². The number of nitrogens with two attached hydrogens (primary N) is 1. The maximum atomic E-state index is 15.1. The van der Waals surface area contributed by atoms with E-state index < -0.39 is 17.2 Å². The van der Waals surface area contributed by atoms with Crippen LogP contribution in [0.1, 0.15) is 47.0 Å². The predicted molar refractivity (Wildman–Crippen MR) is 104 cm³/mol. The van der Waals surface area contributed by atoms with E-state index in [4.69, 9.17) is 15.0 Å². The molecule has 1 aromatic carbocycles. The number of nitrogens with zero attached hydrogens (tertiary/aromatic N) is 3. The number of aryl methyl sites for hydroxylation is 1. The number of hydrogen-bond donors (Lipinski definition) is 2. The van der Waals surface area contributed by atoms with Gasteiger partial charge in [-0.25, -0.2) is 9.07 Å². The van der Waals surface area contributed by atoms with E-state index >= 15 is 4.39 Å². The molecule has 0 bridgehead atoms. The van der Waals surface area contributed by atoms with Crippen molar-refractivity contribution in [1.82, 2.24) is 14.9 Å². The Morgan fingerprint density at radius 2 is 2.17 bits per heavy atom. The van der Waals surface area contributed by atoms with Crippen molar-refractivity contribution in [1.29, 1.82) is 0 Å². The van der Waals surface area contributed by atoms with Gasteiger partial charge in [0.15, 0.2) is 17.0 Å². The third-order valence-corrected chi connectivity index (χ3v) is 4.76. The van der Waals surface area contributed by atoms with E-state index in [-0.39, 0.29) is 18.0 Å². The smallest absolute Gasteiger partial charge is 0.269 e. The number of carbonyl (C=O) groups excluding carboxylic acids is 1. The van der Waals surface area contributed by atoms with Gasteiger partial charge in [-0.1, -0.05) is 17.0 Å². The standard InChI is InChI=1S/C21H19FN4O4/c1-12-8-17(25-30-12)21(3,28)7-6-13-4-5-16-15(9-13)26-18(20(2,22)11-29-16)10-14(24-26)19(23)27/h4-5,8-10,28H,11H2,1-3H3,(H2,23,27). The first-order chi connectivity index (χ1) is 14.1. The number of primary amides is 1. The van der Waals surface area contributed by atoms with Crippen molar-refractivity contribution in [3.8, 4) is 23.3 Å². The van der Waals surface area contributed by atoms with Crippen molar-refractivity contribution in [3.05, 3.63) is 58.7 Å². The summed E-state index contributed by atoms with van der Waals surface area (Å²) in [5, 5.41) is 18.5. The van der Waals surface area contributed by atoms with Gasteiger partial charge in [0, 0.05) is 11.6 Å². The summed E-state index contributed by atoms with van der Waals surface area (Å²) in [6.07, 6.45) is 0. The Kier molecular flexibility index (Phi) is 4.40. The van der Waals surface area contributed by atoms with Gasteiger partial charge in [-0.3, -0.25) is 4.79 Å². The second kappa shape index (κ2) is 6.71. The number of aromatic nitrogens is 3. The fourth-order valence-electron chi connectivity index (χ4n) is 3.08. The second-order valence-corrected chi connectivity index (χ2v) is 7.50. The lowest BCUT2D eigenvalue weighted by atomic mass is 10.0. The maximum Gasteiger partial charge on any atom is 0.269 e. The molecule has 0 saturated carbocycles. The third kappa shape index (κ3) is 3.42. The monoisotopic (exact) mass is 410 g/mol. The van der Waals surface area contributed by atoms with Gasteiger partial charge in [0.2, 0.25) is 0 Å². The van der Waals surface area contributed by atoms with Crippen LogP contribution in [-0.4, -0.2) is 32.6 Å². The van der Waals surface area contributed by atoms with Gasteiger partial charge in [0.1, 0.15) is 29.5 Å². The highest BCUT2D eigenvalue weighted by Gasteiger charge is 2.36. The van der Waals surface area contributed by atoms with Crippen molar-refractivity contribution in [3.63, 3.8) is 0 Å². The molecule has 2 unspecified atom stereocenters. The largest absolute Gasteiger partial charge is 0.488 e.